The first kappa shape index (κ1) is 8.24. The van der Waals surface area contributed by atoms with Gasteiger partial charge in [-0.1, -0.05) is 35.9 Å². The molecule has 0 saturated heterocycles. The van der Waals surface area contributed by atoms with Crippen molar-refractivity contribution >= 4 is 12.4 Å². The molecule has 2 rings (SSSR count). The molecule has 0 radical (unpaired) electrons. The van der Waals surface area contributed by atoms with E-state index in [1.807, 2.05) is 6.07 Å². The Bertz CT molecular complexity index is 350. The van der Waals surface area contributed by atoms with Crippen LogP contribution >= 0.6 is 0 Å². The van der Waals surface area contributed by atoms with Gasteiger partial charge in [0.25, 0.3) is 0 Å². The summed E-state index contributed by atoms with van der Waals surface area (Å²) >= 11 is 0. The van der Waals surface area contributed by atoms with E-state index in [0.717, 1.165) is 19.1 Å². The Morgan fingerprint density at radius 2 is 2.08 bits per heavy atom. The predicted molar refractivity (Wildman–Crippen MR) is 53.4 cm³/mol. The minimum absolute atomic E-state index is 0.592. The second kappa shape index (κ2) is 3.56. The highest BCUT2D eigenvalue weighted by atomic mass is 16.1. The summed E-state index contributed by atoms with van der Waals surface area (Å²) in [7, 11) is 0. The highest BCUT2D eigenvalue weighted by molar-refractivity contribution is 5.65. The van der Waals surface area contributed by atoms with Gasteiger partial charge in [-0.25, -0.2) is 0 Å². The van der Waals surface area contributed by atoms with Crippen LogP contribution in [0, 0.1) is 0 Å². The number of aldehydes is 1. The lowest BCUT2D eigenvalue weighted by Gasteiger charge is -2.14. The number of carbonyl (C=O) groups excluding carboxylic acids is 1. The number of benzene rings is 1. The SMILES string of the molecule is O=CCC1=Cc2ccccc2CC1. The van der Waals surface area contributed by atoms with Gasteiger partial charge in [0.15, 0.2) is 0 Å². The predicted octanol–water partition coefficient (Wildman–Crippen LogP) is 2.61. The summed E-state index contributed by atoms with van der Waals surface area (Å²) in [5.74, 6) is 0. The summed E-state index contributed by atoms with van der Waals surface area (Å²) in [6, 6.07) is 8.37. The normalized spacial score (nSPS) is 14.6. The Morgan fingerprint density at radius 1 is 1.23 bits per heavy atom. The zero-order valence-electron chi connectivity index (χ0n) is 7.49. The van der Waals surface area contributed by atoms with Gasteiger partial charge in [-0.2, -0.15) is 0 Å². The number of fused-ring (bicyclic) bond motifs is 1. The van der Waals surface area contributed by atoms with Crippen molar-refractivity contribution in [2.45, 2.75) is 19.3 Å². The molecule has 0 heterocycles. The minimum atomic E-state index is 0.592. The fourth-order valence-corrected chi connectivity index (χ4v) is 1.76. The molecule has 1 aromatic rings. The molecule has 0 spiro atoms. The standard InChI is InChI=1S/C12H12O/c13-8-7-10-5-6-11-3-1-2-4-12(11)9-10/h1-4,8-9H,5-7H2. The molecule has 0 aliphatic heterocycles. The van der Waals surface area contributed by atoms with Crippen LogP contribution in [0.1, 0.15) is 24.0 Å². The molecule has 0 unspecified atom stereocenters. The van der Waals surface area contributed by atoms with E-state index in [2.05, 4.69) is 24.3 Å². The smallest absolute Gasteiger partial charge is 0.124 e. The number of hydrogen-bond donors (Lipinski definition) is 0. The molecule has 0 fully saturated rings. The Labute approximate surface area is 78.1 Å². The maximum absolute atomic E-state index is 10.3. The maximum Gasteiger partial charge on any atom is 0.124 e. The van der Waals surface area contributed by atoms with Crippen molar-refractivity contribution in [3.05, 3.63) is 41.0 Å². The summed E-state index contributed by atoms with van der Waals surface area (Å²) < 4.78 is 0. The van der Waals surface area contributed by atoms with Crippen LogP contribution < -0.4 is 0 Å². The Morgan fingerprint density at radius 3 is 2.92 bits per heavy atom. The molecule has 1 aromatic carbocycles. The van der Waals surface area contributed by atoms with Crippen molar-refractivity contribution in [2.75, 3.05) is 0 Å². The lowest BCUT2D eigenvalue weighted by Crippen LogP contribution is -1.99. The monoisotopic (exact) mass is 172 g/mol. The second-order valence-electron chi connectivity index (χ2n) is 3.37. The first-order valence-electron chi connectivity index (χ1n) is 4.61. The van der Waals surface area contributed by atoms with Gasteiger partial charge in [0.2, 0.25) is 0 Å². The molecular formula is C12H12O. The molecule has 66 valence electrons. The Balaban J connectivity index is 2.32. The maximum atomic E-state index is 10.3. The third-order valence-electron chi connectivity index (χ3n) is 2.48. The van der Waals surface area contributed by atoms with Crippen LogP contribution in [0.3, 0.4) is 0 Å². The molecular weight excluding hydrogens is 160 g/mol. The molecule has 0 aromatic heterocycles. The second-order valence-corrected chi connectivity index (χ2v) is 3.37. The van der Waals surface area contributed by atoms with Crippen LogP contribution in [-0.4, -0.2) is 6.29 Å². The van der Waals surface area contributed by atoms with Crippen LogP contribution in [0.2, 0.25) is 0 Å². The fraction of sp³-hybridized carbons (Fsp3) is 0.250. The largest absolute Gasteiger partial charge is 0.303 e. The quantitative estimate of drug-likeness (QED) is 0.627. The molecule has 0 saturated carbocycles. The fourth-order valence-electron chi connectivity index (χ4n) is 1.76. The van der Waals surface area contributed by atoms with E-state index in [1.54, 1.807) is 0 Å². The van der Waals surface area contributed by atoms with Gasteiger partial charge < -0.3 is 4.79 Å². The number of aryl methyl sites for hydroxylation is 1. The first-order chi connectivity index (χ1) is 6.40. The summed E-state index contributed by atoms with van der Waals surface area (Å²) in [5, 5.41) is 0. The van der Waals surface area contributed by atoms with Gasteiger partial charge in [-0.05, 0) is 24.0 Å². The van der Waals surface area contributed by atoms with Crippen molar-refractivity contribution in [3.8, 4) is 0 Å². The number of allylic oxidation sites excluding steroid dienone is 1. The molecule has 0 bridgehead atoms. The third-order valence-corrected chi connectivity index (χ3v) is 2.48. The van der Waals surface area contributed by atoms with Crippen molar-refractivity contribution in [3.63, 3.8) is 0 Å². The molecule has 0 atom stereocenters. The molecule has 1 aliphatic carbocycles. The van der Waals surface area contributed by atoms with Crippen molar-refractivity contribution in [2.24, 2.45) is 0 Å². The zero-order chi connectivity index (χ0) is 9.10. The van der Waals surface area contributed by atoms with Crippen LogP contribution in [0.4, 0.5) is 0 Å². The van der Waals surface area contributed by atoms with E-state index in [-0.39, 0.29) is 0 Å². The summed E-state index contributed by atoms with van der Waals surface area (Å²) in [6.45, 7) is 0. The van der Waals surface area contributed by atoms with Gasteiger partial charge >= 0.3 is 0 Å². The van der Waals surface area contributed by atoms with Crippen molar-refractivity contribution < 1.29 is 4.79 Å². The van der Waals surface area contributed by atoms with Gasteiger partial charge in [-0.15, -0.1) is 0 Å². The lowest BCUT2D eigenvalue weighted by molar-refractivity contribution is -0.107. The van der Waals surface area contributed by atoms with Crippen molar-refractivity contribution in [1.82, 2.24) is 0 Å². The van der Waals surface area contributed by atoms with E-state index in [0.29, 0.717) is 6.42 Å². The average Bonchev–Trinajstić information content (AvgIpc) is 2.18. The van der Waals surface area contributed by atoms with Crippen LogP contribution in [-0.2, 0) is 11.2 Å². The molecule has 1 nitrogen and oxygen atoms in total. The molecule has 0 amide bonds. The Kier molecular flexibility index (Phi) is 2.26. The van der Waals surface area contributed by atoms with Crippen LogP contribution in [0.5, 0.6) is 0 Å². The number of carbonyl (C=O) groups is 1. The molecule has 13 heavy (non-hydrogen) atoms. The summed E-state index contributed by atoms with van der Waals surface area (Å²) in [4.78, 5) is 10.3. The van der Waals surface area contributed by atoms with E-state index >= 15 is 0 Å². The first-order valence-corrected chi connectivity index (χ1v) is 4.61. The zero-order valence-corrected chi connectivity index (χ0v) is 7.49. The van der Waals surface area contributed by atoms with E-state index in [4.69, 9.17) is 0 Å². The molecule has 0 N–H and O–H groups in total. The molecule has 1 aliphatic rings. The highest BCUT2D eigenvalue weighted by Gasteiger charge is 2.08. The van der Waals surface area contributed by atoms with Crippen LogP contribution in [0.15, 0.2) is 29.8 Å². The minimum Gasteiger partial charge on any atom is -0.303 e. The highest BCUT2D eigenvalue weighted by Crippen LogP contribution is 2.24. The Hall–Kier alpha value is -1.37. The summed E-state index contributed by atoms with van der Waals surface area (Å²) in [6.07, 6.45) is 5.84. The van der Waals surface area contributed by atoms with E-state index < -0.39 is 0 Å². The van der Waals surface area contributed by atoms with Gasteiger partial charge in [0.1, 0.15) is 6.29 Å². The van der Waals surface area contributed by atoms with E-state index in [9.17, 15) is 4.79 Å². The number of rotatable bonds is 2. The number of hydrogen-bond acceptors (Lipinski definition) is 1. The topological polar surface area (TPSA) is 17.1 Å². The van der Waals surface area contributed by atoms with Crippen LogP contribution in [0.25, 0.3) is 6.08 Å². The molecule has 1 heteroatoms. The van der Waals surface area contributed by atoms with Gasteiger partial charge in [0.05, 0.1) is 0 Å². The van der Waals surface area contributed by atoms with E-state index in [1.165, 1.54) is 16.7 Å². The third kappa shape index (κ3) is 1.69. The van der Waals surface area contributed by atoms with Gasteiger partial charge in [-0.3, -0.25) is 0 Å². The van der Waals surface area contributed by atoms with Gasteiger partial charge in [0, 0.05) is 6.42 Å². The summed E-state index contributed by atoms with van der Waals surface area (Å²) in [5.41, 5.74) is 3.94. The van der Waals surface area contributed by atoms with Crippen molar-refractivity contribution in [1.29, 1.82) is 0 Å². The average molecular weight is 172 g/mol. The lowest BCUT2D eigenvalue weighted by atomic mass is 9.91.